The molecule has 1 N–H and O–H groups in total. The van der Waals surface area contributed by atoms with Crippen molar-refractivity contribution < 1.29 is 19.5 Å². The summed E-state index contributed by atoms with van der Waals surface area (Å²) < 4.78 is 0.830. The molecule has 0 aliphatic carbocycles. The van der Waals surface area contributed by atoms with Gasteiger partial charge in [0.15, 0.2) is 22.5 Å². The molecular weight excluding hydrogens is 504 g/mol. The minimum absolute atomic E-state index is 0.0354. The fourth-order valence-corrected chi connectivity index (χ4v) is 4.91. The van der Waals surface area contributed by atoms with E-state index in [1.54, 1.807) is 37.3 Å². The molecule has 0 saturated heterocycles. The van der Waals surface area contributed by atoms with Crippen LogP contribution in [0.1, 0.15) is 39.5 Å². The topological polar surface area (TPSA) is 87.6 Å². The van der Waals surface area contributed by atoms with Gasteiger partial charge in [0.05, 0.1) is 22.2 Å². The molecule has 0 saturated carbocycles. The first-order valence-electron chi connectivity index (χ1n) is 10.1. The Hall–Kier alpha value is -3.36. The van der Waals surface area contributed by atoms with Crippen LogP contribution in [0.4, 0.5) is 5.13 Å². The smallest absolute Gasteiger partial charge is 0.296 e. The van der Waals surface area contributed by atoms with Crippen LogP contribution in [0.3, 0.4) is 0 Å². The average Bonchev–Trinajstić information content (AvgIpc) is 3.31. The fourth-order valence-electron chi connectivity index (χ4n) is 3.65. The van der Waals surface area contributed by atoms with Crippen molar-refractivity contribution >= 4 is 55.9 Å². The molecule has 166 valence electrons. The number of ketones is 2. The number of allylic oxidation sites excluding steroid dienone is 1. The number of Topliss-reactive ketones (excluding diaryl/α,β-unsaturated/α-hetero) is 1. The van der Waals surface area contributed by atoms with Crippen molar-refractivity contribution in [2.75, 3.05) is 4.90 Å². The van der Waals surface area contributed by atoms with Gasteiger partial charge in [-0.25, -0.2) is 4.98 Å². The van der Waals surface area contributed by atoms with Gasteiger partial charge in [0.1, 0.15) is 0 Å². The minimum Gasteiger partial charge on any atom is -0.503 e. The lowest BCUT2D eigenvalue weighted by molar-refractivity contribution is -0.117. The lowest BCUT2D eigenvalue weighted by atomic mass is 9.96. The number of aromatic nitrogens is 1. The normalized spacial score (nSPS) is 16.2. The number of benzene rings is 2. The van der Waals surface area contributed by atoms with Crippen LogP contribution in [-0.2, 0) is 9.59 Å². The highest BCUT2D eigenvalue weighted by atomic mass is 79.9. The van der Waals surface area contributed by atoms with Crippen molar-refractivity contribution in [3.8, 4) is 0 Å². The van der Waals surface area contributed by atoms with E-state index in [1.165, 1.54) is 17.9 Å². The molecule has 33 heavy (non-hydrogen) atoms. The molecule has 1 amide bonds. The summed E-state index contributed by atoms with van der Waals surface area (Å²) >= 11 is 4.46. The highest BCUT2D eigenvalue weighted by Gasteiger charge is 2.45. The maximum absolute atomic E-state index is 13.2. The molecule has 0 radical (unpaired) electrons. The van der Waals surface area contributed by atoms with Crippen molar-refractivity contribution in [2.24, 2.45) is 0 Å². The van der Waals surface area contributed by atoms with Crippen LogP contribution >= 0.6 is 27.3 Å². The van der Waals surface area contributed by atoms with E-state index in [0.29, 0.717) is 16.1 Å². The number of nitrogens with zero attached hydrogens (tertiary/aromatic N) is 2. The quantitative estimate of drug-likeness (QED) is 0.336. The summed E-state index contributed by atoms with van der Waals surface area (Å²) in [5, 5.41) is 11.0. The third-order valence-electron chi connectivity index (χ3n) is 5.20. The van der Waals surface area contributed by atoms with Gasteiger partial charge < -0.3 is 5.11 Å². The second kappa shape index (κ2) is 9.25. The highest BCUT2D eigenvalue weighted by Crippen LogP contribution is 2.43. The zero-order valence-electron chi connectivity index (χ0n) is 17.8. The number of amides is 1. The van der Waals surface area contributed by atoms with Gasteiger partial charge in [-0.05, 0) is 36.3 Å². The van der Waals surface area contributed by atoms with E-state index in [4.69, 9.17) is 0 Å². The molecule has 2 heterocycles. The predicted octanol–water partition coefficient (Wildman–Crippen LogP) is 5.60. The van der Waals surface area contributed by atoms with Crippen LogP contribution in [-0.4, -0.2) is 27.6 Å². The number of aliphatic hydroxyl groups excluding tert-OH is 1. The Morgan fingerprint density at radius 2 is 1.79 bits per heavy atom. The zero-order valence-corrected chi connectivity index (χ0v) is 20.2. The van der Waals surface area contributed by atoms with Gasteiger partial charge in [0, 0.05) is 11.4 Å². The Kier molecular flexibility index (Phi) is 6.40. The molecule has 0 bridgehead atoms. The molecule has 8 heteroatoms. The van der Waals surface area contributed by atoms with E-state index >= 15 is 0 Å². The van der Waals surface area contributed by atoms with E-state index in [9.17, 15) is 19.5 Å². The predicted molar refractivity (Wildman–Crippen MR) is 131 cm³/mol. The van der Waals surface area contributed by atoms with Gasteiger partial charge in [0.25, 0.3) is 5.91 Å². The summed E-state index contributed by atoms with van der Waals surface area (Å²) in [5.74, 6) is -2.01. The van der Waals surface area contributed by atoms with Crippen molar-refractivity contribution in [2.45, 2.75) is 19.9 Å². The molecule has 0 spiro atoms. The fraction of sp³-hybridized carbons (Fsp3) is 0.120. The number of hydrogen-bond acceptors (Lipinski definition) is 6. The molecule has 2 aromatic carbocycles. The molecule has 0 fully saturated rings. The lowest BCUT2D eigenvalue weighted by Crippen LogP contribution is -2.30. The van der Waals surface area contributed by atoms with Crippen LogP contribution in [0, 0.1) is 6.92 Å². The number of anilines is 1. The van der Waals surface area contributed by atoms with Crippen LogP contribution in [0.2, 0.25) is 0 Å². The van der Waals surface area contributed by atoms with E-state index in [1.807, 2.05) is 30.3 Å². The SMILES string of the molecule is CC(=O)c1sc(N2C(=O)C(O)=C(C(=O)C=Cc3ccccc3)C2c2ccc(Br)cc2)nc1C. The van der Waals surface area contributed by atoms with Crippen molar-refractivity contribution in [1.29, 1.82) is 0 Å². The molecular formula is C25H19BrN2O4S. The monoisotopic (exact) mass is 522 g/mol. The van der Waals surface area contributed by atoms with Crippen molar-refractivity contribution in [1.82, 2.24) is 4.98 Å². The zero-order chi connectivity index (χ0) is 23.7. The molecule has 3 aromatic rings. The first kappa shape index (κ1) is 22.8. The summed E-state index contributed by atoms with van der Waals surface area (Å²) in [6.45, 7) is 3.12. The van der Waals surface area contributed by atoms with E-state index in [0.717, 1.165) is 21.4 Å². The molecule has 4 rings (SSSR count). The second-order valence-electron chi connectivity index (χ2n) is 7.47. The minimum atomic E-state index is -0.885. The summed E-state index contributed by atoms with van der Waals surface area (Å²) in [6, 6.07) is 15.5. The third kappa shape index (κ3) is 4.44. The van der Waals surface area contributed by atoms with E-state index in [-0.39, 0.29) is 16.5 Å². The maximum atomic E-state index is 13.2. The van der Waals surface area contributed by atoms with Crippen LogP contribution < -0.4 is 4.90 Å². The molecule has 6 nitrogen and oxygen atoms in total. The van der Waals surface area contributed by atoms with Crippen LogP contribution in [0.15, 0.2) is 76.5 Å². The number of aryl methyl sites for hydroxylation is 1. The van der Waals surface area contributed by atoms with E-state index in [2.05, 4.69) is 20.9 Å². The van der Waals surface area contributed by atoms with Gasteiger partial charge >= 0.3 is 0 Å². The Balaban J connectivity index is 1.80. The Morgan fingerprint density at radius 3 is 2.39 bits per heavy atom. The Labute approximate surface area is 203 Å². The van der Waals surface area contributed by atoms with Crippen LogP contribution in [0.5, 0.6) is 0 Å². The number of carbonyl (C=O) groups is 3. The van der Waals surface area contributed by atoms with E-state index < -0.39 is 23.5 Å². The maximum Gasteiger partial charge on any atom is 0.296 e. The van der Waals surface area contributed by atoms with Crippen molar-refractivity contribution in [3.63, 3.8) is 0 Å². The Bertz CT molecular complexity index is 1310. The number of halogens is 1. The summed E-state index contributed by atoms with van der Waals surface area (Å²) in [7, 11) is 0. The number of aliphatic hydroxyl groups is 1. The number of rotatable bonds is 6. The Morgan fingerprint density at radius 1 is 1.12 bits per heavy atom. The summed E-state index contributed by atoms with van der Waals surface area (Å²) in [6.07, 6.45) is 2.98. The first-order valence-corrected chi connectivity index (χ1v) is 11.7. The third-order valence-corrected chi connectivity index (χ3v) is 6.98. The number of carbonyl (C=O) groups excluding carboxylic acids is 3. The average molecular weight is 523 g/mol. The van der Waals surface area contributed by atoms with Crippen LogP contribution in [0.25, 0.3) is 6.08 Å². The van der Waals surface area contributed by atoms with Gasteiger partial charge in [-0.1, -0.05) is 75.8 Å². The lowest BCUT2D eigenvalue weighted by Gasteiger charge is -2.24. The van der Waals surface area contributed by atoms with Crippen molar-refractivity contribution in [3.05, 3.63) is 98.2 Å². The van der Waals surface area contributed by atoms with Gasteiger partial charge in [-0.3, -0.25) is 19.3 Å². The number of thiazole rings is 1. The van der Waals surface area contributed by atoms with Gasteiger partial charge in [-0.2, -0.15) is 0 Å². The largest absolute Gasteiger partial charge is 0.503 e. The second-order valence-corrected chi connectivity index (χ2v) is 9.36. The molecule has 1 aliphatic heterocycles. The molecule has 1 atom stereocenters. The number of hydrogen-bond donors (Lipinski definition) is 1. The molecule has 1 aliphatic rings. The highest BCUT2D eigenvalue weighted by molar-refractivity contribution is 9.10. The van der Waals surface area contributed by atoms with Gasteiger partial charge in [-0.15, -0.1) is 0 Å². The molecule has 1 unspecified atom stereocenters. The first-order chi connectivity index (χ1) is 15.8. The summed E-state index contributed by atoms with van der Waals surface area (Å²) in [5.41, 5.74) is 1.90. The standard InChI is InChI=1S/C25H19BrN2O4S/c1-14-23(15(2)29)33-25(27-14)28-21(17-9-11-18(26)12-10-17)20(22(31)24(28)32)19(30)13-8-16-6-4-3-5-7-16/h3-13,21,31H,1-2H3. The van der Waals surface area contributed by atoms with Gasteiger partial charge in [0.2, 0.25) is 0 Å². The molecule has 1 aromatic heterocycles. The summed E-state index contributed by atoms with van der Waals surface area (Å²) in [4.78, 5) is 44.4.